The maximum atomic E-state index is 12.8. The molecule has 0 saturated carbocycles. The molecular weight excluding hydrogens is 457 g/mol. The highest BCUT2D eigenvalue weighted by molar-refractivity contribution is 6.33. The Morgan fingerprint density at radius 3 is 2.52 bits per heavy atom. The molecule has 1 fully saturated rings. The average Bonchev–Trinajstić information content (AvgIpc) is 2.76. The van der Waals surface area contributed by atoms with Crippen LogP contribution in [0.5, 0.6) is 0 Å². The van der Waals surface area contributed by atoms with Gasteiger partial charge in [0.15, 0.2) is 0 Å². The summed E-state index contributed by atoms with van der Waals surface area (Å²) in [6.45, 7) is 4.67. The van der Waals surface area contributed by atoms with E-state index in [9.17, 15) is 22.8 Å². The Balaban J connectivity index is 1.54. The number of aryl methyl sites for hydroxylation is 1. The van der Waals surface area contributed by atoms with Gasteiger partial charge in [-0.1, -0.05) is 23.7 Å². The van der Waals surface area contributed by atoms with Gasteiger partial charge in [-0.25, -0.2) is 4.98 Å². The van der Waals surface area contributed by atoms with E-state index in [-0.39, 0.29) is 35.1 Å². The Kier molecular flexibility index (Phi) is 7.51. The third-order valence-corrected chi connectivity index (χ3v) is 6.21. The van der Waals surface area contributed by atoms with Crippen molar-refractivity contribution in [2.24, 2.45) is 5.92 Å². The first-order valence-corrected chi connectivity index (χ1v) is 10.9. The van der Waals surface area contributed by atoms with Gasteiger partial charge in [-0.3, -0.25) is 9.59 Å². The molecule has 1 aromatic carbocycles. The van der Waals surface area contributed by atoms with Gasteiger partial charge < -0.3 is 15.1 Å². The molecule has 1 N–H and O–H groups in total. The number of hydrogen-bond donors (Lipinski definition) is 1. The number of pyridine rings is 1. The van der Waals surface area contributed by atoms with Crippen LogP contribution in [-0.2, 0) is 15.8 Å². The second-order valence-corrected chi connectivity index (χ2v) is 8.69. The maximum Gasteiger partial charge on any atom is 0.417 e. The zero-order valence-corrected chi connectivity index (χ0v) is 19.4. The molecule has 0 radical (unpaired) electrons. The van der Waals surface area contributed by atoms with Gasteiger partial charge in [-0.15, -0.1) is 0 Å². The molecule has 0 bridgehead atoms. The number of amides is 2. The number of carbonyl (C=O) groups is 2. The summed E-state index contributed by atoms with van der Waals surface area (Å²) in [6.07, 6.45) is -2.77. The van der Waals surface area contributed by atoms with E-state index in [1.54, 1.807) is 11.9 Å². The first-order chi connectivity index (χ1) is 15.5. The Bertz CT molecular complexity index is 1040. The third-order valence-electron chi connectivity index (χ3n) is 5.93. The summed E-state index contributed by atoms with van der Waals surface area (Å²) >= 11 is 6.04. The predicted octanol–water partition coefficient (Wildman–Crippen LogP) is 4.68. The van der Waals surface area contributed by atoms with Crippen molar-refractivity contribution < 1.29 is 22.8 Å². The molecule has 178 valence electrons. The van der Waals surface area contributed by atoms with E-state index in [0.717, 1.165) is 29.1 Å². The van der Waals surface area contributed by atoms with Gasteiger partial charge in [-0.2, -0.15) is 13.2 Å². The number of hydrogen-bond acceptors (Lipinski definition) is 4. The van der Waals surface area contributed by atoms with Crippen LogP contribution in [0.4, 0.5) is 24.7 Å². The van der Waals surface area contributed by atoms with Gasteiger partial charge in [0.25, 0.3) is 0 Å². The molecule has 0 aliphatic carbocycles. The number of carbonyl (C=O) groups excluding carboxylic acids is 2. The number of aromatic nitrogens is 1. The highest BCUT2D eigenvalue weighted by Gasteiger charge is 2.33. The second kappa shape index (κ2) is 9.99. The van der Waals surface area contributed by atoms with E-state index in [0.29, 0.717) is 25.9 Å². The zero-order chi connectivity index (χ0) is 24.3. The molecular formula is C23H26ClF3N4O2. The van der Waals surface area contributed by atoms with Gasteiger partial charge in [0, 0.05) is 37.9 Å². The number of anilines is 2. The fourth-order valence-electron chi connectivity index (χ4n) is 3.84. The molecule has 1 aromatic heterocycles. The smallest absolute Gasteiger partial charge is 0.355 e. The minimum Gasteiger partial charge on any atom is -0.355 e. The van der Waals surface area contributed by atoms with Crippen LogP contribution >= 0.6 is 11.6 Å². The van der Waals surface area contributed by atoms with E-state index in [4.69, 9.17) is 11.6 Å². The van der Waals surface area contributed by atoms with Crippen LogP contribution in [0.1, 0.15) is 29.5 Å². The van der Waals surface area contributed by atoms with Gasteiger partial charge in [0.05, 0.1) is 17.1 Å². The van der Waals surface area contributed by atoms with E-state index in [1.807, 2.05) is 32.0 Å². The molecule has 0 spiro atoms. The predicted molar refractivity (Wildman–Crippen MR) is 121 cm³/mol. The van der Waals surface area contributed by atoms with Crippen molar-refractivity contribution in [1.82, 2.24) is 9.88 Å². The number of nitrogens with zero attached hydrogens (tertiary/aromatic N) is 3. The molecule has 1 aliphatic rings. The molecule has 1 aliphatic heterocycles. The zero-order valence-electron chi connectivity index (χ0n) is 18.7. The van der Waals surface area contributed by atoms with Crippen molar-refractivity contribution in [3.8, 4) is 0 Å². The number of alkyl halides is 3. The number of rotatable bonds is 5. The minimum atomic E-state index is -4.51. The molecule has 3 rings (SSSR count). The molecule has 2 amide bonds. The molecule has 0 atom stereocenters. The van der Waals surface area contributed by atoms with E-state index < -0.39 is 11.7 Å². The Morgan fingerprint density at radius 1 is 1.24 bits per heavy atom. The quantitative estimate of drug-likeness (QED) is 0.671. The standard InChI is InChI=1S/C23H26ClF3N4O2/c1-14-5-4-6-19(15(14)2)29-20(32)13-30(3)22(33)16-7-9-31(10-8-16)21-18(24)11-17(12-28-21)23(25,26)27/h4-6,11-12,16H,7-10,13H2,1-3H3,(H,29,32). The van der Waals surface area contributed by atoms with E-state index in [1.165, 1.54) is 4.90 Å². The first kappa shape index (κ1) is 24.8. The monoisotopic (exact) mass is 482 g/mol. The summed E-state index contributed by atoms with van der Waals surface area (Å²) in [6, 6.07) is 6.50. The van der Waals surface area contributed by atoms with E-state index >= 15 is 0 Å². The SMILES string of the molecule is Cc1cccc(NC(=O)CN(C)C(=O)C2CCN(c3ncc(C(F)(F)F)cc3Cl)CC2)c1C. The summed E-state index contributed by atoms with van der Waals surface area (Å²) in [5.41, 5.74) is 1.85. The summed E-state index contributed by atoms with van der Waals surface area (Å²) in [5, 5.41) is 2.77. The van der Waals surface area contributed by atoms with Gasteiger partial charge in [0.1, 0.15) is 5.82 Å². The molecule has 6 nitrogen and oxygen atoms in total. The third kappa shape index (κ3) is 5.96. The van der Waals surface area contributed by atoms with Crippen molar-refractivity contribution in [1.29, 1.82) is 0 Å². The van der Waals surface area contributed by atoms with Crippen molar-refractivity contribution in [3.05, 3.63) is 52.2 Å². The Hall–Kier alpha value is -2.81. The lowest BCUT2D eigenvalue weighted by molar-refractivity contribution is -0.138. The number of likely N-dealkylation sites (N-methyl/N-ethyl adjacent to an activating group) is 1. The van der Waals surface area contributed by atoms with Crippen molar-refractivity contribution in [3.63, 3.8) is 0 Å². The number of piperidine rings is 1. The summed E-state index contributed by atoms with van der Waals surface area (Å²) in [5.74, 6) is -0.431. The van der Waals surface area contributed by atoms with Crippen molar-refractivity contribution >= 4 is 34.9 Å². The Labute approximate surface area is 195 Å². The summed E-state index contributed by atoms with van der Waals surface area (Å²) in [4.78, 5) is 32.3. The second-order valence-electron chi connectivity index (χ2n) is 8.28. The fraction of sp³-hybridized carbons (Fsp3) is 0.435. The average molecular weight is 483 g/mol. The van der Waals surface area contributed by atoms with Gasteiger partial charge in [-0.05, 0) is 49.9 Å². The van der Waals surface area contributed by atoms with Crippen molar-refractivity contribution in [2.75, 3.05) is 36.9 Å². The summed E-state index contributed by atoms with van der Waals surface area (Å²) in [7, 11) is 1.59. The molecule has 2 aromatic rings. The van der Waals surface area contributed by atoms with Gasteiger partial charge in [0.2, 0.25) is 11.8 Å². The van der Waals surface area contributed by atoms with Crippen LogP contribution in [0.25, 0.3) is 0 Å². The highest BCUT2D eigenvalue weighted by Crippen LogP contribution is 2.34. The lowest BCUT2D eigenvalue weighted by Crippen LogP contribution is -2.43. The molecule has 2 heterocycles. The molecule has 33 heavy (non-hydrogen) atoms. The van der Waals surface area contributed by atoms with Crippen LogP contribution in [0.15, 0.2) is 30.5 Å². The van der Waals surface area contributed by atoms with Crippen LogP contribution in [-0.4, -0.2) is 48.4 Å². The normalized spacial score (nSPS) is 14.8. The maximum absolute atomic E-state index is 12.8. The van der Waals surface area contributed by atoms with Crippen LogP contribution in [0.3, 0.4) is 0 Å². The van der Waals surface area contributed by atoms with Crippen molar-refractivity contribution in [2.45, 2.75) is 32.9 Å². The van der Waals surface area contributed by atoms with Crippen LogP contribution in [0, 0.1) is 19.8 Å². The topological polar surface area (TPSA) is 65.5 Å². The lowest BCUT2D eigenvalue weighted by atomic mass is 9.95. The minimum absolute atomic E-state index is 0.0707. The van der Waals surface area contributed by atoms with Crippen LogP contribution < -0.4 is 10.2 Å². The molecule has 0 unspecified atom stereocenters. The number of halogens is 4. The number of benzene rings is 1. The number of nitrogens with one attached hydrogen (secondary N) is 1. The van der Waals surface area contributed by atoms with Crippen LogP contribution in [0.2, 0.25) is 5.02 Å². The molecule has 1 saturated heterocycles. The first-order valence-electron chi connectivity index (χ1n) is 10.6. The molecule has 10 heteroatoms. The largest absolute Gasteiger partial charge is 0.417 e. The fourth-order valence-corrected chi connectivity index (χ4v) is 4.12. The van der Waals surface area contributed by atoms with E-state index in [2.05, 4.69) is 10.3 Å². The Morgan fingerprint density at radius 2 is 1.91 bits per heavy atom. The summed E-state index contributed by atoms with van der Waals surface area (Å²) < 4.78 is 38.5. The van der Waals surface area contributed by atoms with Gasteiger partial charge >= 0.3 is 6.18 Å². The lowest BCUT2D eigenvalue weighted by Gasteiger charge is -2.34. The highest BCUT2D eigenvalue weighted by atomic mass is 35.5.